The van der Waals surface area contributed by atoms with Gasteiger partial charge in [0, 0.05) is 5.56 Å². The molecule has 0 aliphatic heterocycles. The minimum atomic E-state index is -0.524. The summed E-state index contributed by atoms with van der Waals surface area (Å²) in [6.07, 6.45) is 0. The number of rotatable bonds is 4. The Bertz CT molecular complexity index is 560. The summed E-state index contributed by atoms with van der Waals surface area (Å²) in [6, 6.07) is 2.22. The fraction of sp³-hybridized carbons (Fsp3) is 0.429. The van der Waals surface area contributed by atoms with Gasteiger partial charge in [0.25, 0.3) is 0 Å². The van der Waals surface area contributed by atoms with E-state index in [4.69, 9.17) is 4.42 Å². The predicted octanol–water partition coefficient (Wildman–Crippen LogP) is 3.77. The molecule has 4 heteroatoms. The van der Waals surface area contributed by atoms with E-state index < -0.39 is 11.6 Å². The van der Waals surface area contributed by atoms with Gasteiger partial charge in [0.05, 0.1) is 11.9 Å². The number of aryl methyl sites for hydroxylation is 1. The lowest BCUT2D eigenvalue weighted by molar-refractivity contribution is 0.472. The van der Waals surface area contributed by atoms with Crippen molar-refractivity contribution in [3.63, 3.8) is 0 Å². The second-order valence-electron chi connectivity index (χ2n) is 4.91. The summed E-state index contributed by atoms with van der Waals surface area (Å²) in [4.78, 5) is 0. The van der Waals surface area contributed by atoms with Gasteiger partial charge in [0.15, 0.2) is 11.4 Å². The van der Waals surface area contributed by atoms with Crippen molar-refractivity contribution in [2.75, 3.05) is 6.54 Å². The summed E-state index contributed by atoms with van der Waals surface area (Å²) in [7, 11) is 0. The van der Waals surface area contributed by atoms with Crippen molar-refractivity contribution < 1.29 is 13.2 Å². The Morgan fingerprint density at radius 3 is 2.50 bits per heavy atom. The molecule has 0 radical (unpaired) electrons. The zero-order valence-corrected chi connectivity index (χ0v) is 10.8. The molecule has 0 amide bonds. The first-order chi connectivity index (χ1) is 8.50. The van der Waals surface area contributed by atoms with E-state index in [0.717, 1.165) is 18.7 Å². The molecule has 0 aliphatic rings. The Balaban J connectivity index is 2.33. The number of fused-ring (bicyclic) bond motifs is 1. The van der Waals surface area contributed by atoms with Crippen LogP contribution in [0.25, 0.3) is 11.0 Å². The highest BCUT2D eigenvalue weighted by Crippen LogP contribution is 2.29. The Morgan fingerprint density at radius 2 is 1.89 bits per heavy atom. The maximum atomic E-state index is 13.6. The van der Waals surface area contributed by atoms with Crippen molar-refractivity contribution in [1.29, 1.82) is 0 Å². The molecule has 1 N–H and O–H groups in total. The van der Waals surface area contributed by atoms with Crippen molar-refractivity contribution in [2.24, 2.45) is 5.92 Å². The van der Waals surface area contributed by atoms with Gasteiger partial charge < -0.3 is 9.73 Å². The van der Waals surface area contributed by atoms with Gasteiger partial charge in [-0.3, -0.25) is 0 Å². The summed E-state index contributed by atoms with van der Waals surface area (Å²) in [5.74, 6) is 0.144. The average molecular weight is 253 g/mol. The van der Waals surface area contributed by atoms with Crippen LogP contribution >= 0.6 is 0 Å². The lowest BCUT2D eigenvalue weighted by Gasteiger charge is -2.05. The van der Waals surface area contributed by atoms with E-state index in [1.54, 1.807) is 6.92 Å². The third-order valence-corrected chi connectivity index (χ3v) is 2.92. The second-order valence-corrected chi connectivity index (χ2v) is 4.91. The molecule has 98 valence electrons. The van der Waals surface area contributed by atoms with Gasteiger partial charge in [-0.1, -0.05) is 13.8 Å². The molecule has 0 saturated carbocycles. The van der Waals surface area contributed by atoms with Gasteiger partial charge in [0.1, 0.15) is 11.6 Å². The second kappa shape index (κ2) is 5.06. The molecular weight excluding hydrogens is 236 g/mol. The minimum Gasteiger partial charge on any atom is -0.456 e. The molecule has 2 nitrogen and oxygen atoms in total. The van der Waals surface area contributed by atoms with Crippen molar-refractivity contribution in [3.8, 4) is 0 Å². The molecule has 0 bridgehead atoms. The fourth-order valence-corrected chi connectivity index (χ4v) is 1.96. The number of furan rings is 1. The van der Waals surface area contributed by atoms with Crippen LogP contribution in [0.4, 0.5) is 8.78 Å². The maximum absolute atomic E-state index is 13.6. The highest BCUT2D eigenvalue weighted by Gasteiger charge is 2.17. The smallest absolute Gasteiger partial charge is 0.173 e. The molecule has 0 aliphatic carbocycles. The van der Waals surface area contributed by atoms with E-state index in [2.05, 4.69) is 19.2 Å². The van der Waals surface area contributed by atoms with Crippen LogP contribution in [0.15, 0.2) is 16.5 Å². The number of hydrogen-bond acceptors (Lipinski definition) is 2. The first-order valence-electron chi connectivity index (χ1n) is 6.07. The van der Waals surface area contributed by atoms with Gasteiger partial charge in [-0.05, 0) is 31.5 Å². The van der Waals surface area contributed by atoms with Gasteiger partial charge >= 0.3 is 0 Å². The zero-order chi connectivity index (χ0) is 13.3. The summed E-state index contributed by atoms with van der Waals surface area (Å²) in [5.41, 5.74) is 0.673. The molecule has 0 spiro atoms. The topological polar surface area (TPSA) is 25.2 Å². The van der Waals surface area contributed by atoms with Crippen LogP contribution in [0.2, 0.25) is 0 Å². The summed E-state index contributed by atoms with van der Waals surface area (Å²) < 4.78 is 32.6. The van der Waals surface area contributed by atoms with Gasteiger partial charge in [-0.15, -0.1) is 0 Å². The normalized spacial score (nSPS) is 11.7. The number of hydrogen-bond donors (Lipinski definition) is 1. The SMILES string of the molecule is Cc1c(CNCC(C)C)oc2c(F)ccc(F)c12. The average Bonchev–Trinajstić information content (AvgIpc) is 2.63. The van der Waals surface area contributed by atoms with E-state index in [1.807, 2.05) is 0 Å². The molecule has 1 heterocycles. The molecule has 1 aromatic heterocycles. The molecule has 0 fully saturated rings. The largest absolute Gasteiger partial charge is 0.456 e. The lowest BCUT2D eigenvalue weighted by atomic mass is 10.1. The van der Waals surface area contributed by atoms with Crippen molar-refractivity contribution in [3.05, 3.63) is 35.1 Å². The van der Waals surface area contributed by atoms with Crippen LogP contribution in [0.3, 0.4) is 0 Å². The van der Waals surface area contributed by atoms with Gasteiger partial charge in [-0.25, -0.2) is 8.78 Å². The first kappa shape index (κ1) is 13.0. The van der Waals surface area contributed by atoms with Gasteiger partial charge in [-0.2, -0.15) is 0 Å². The van der Waals surface area contributed by atoms with Crippen LogP contribution in [-0.2, 0) is 6.54 Å². The molecule has 2 rings (SSSR count). The summed E-state index contributed by atoms with van der Waals surface area (Å²) in [6.45, 7) is 7.26. The van der Waals surface area contributed by atoms with E-state index in [1.165, 1.54) is 0 Å². The summed E-state index contributed by atoms with van der Waals surface area (Å²) >= 11 is 0. The minimum absolute atomic E-state index is 0.00819. The highest BCUT2D eigenvalue weighted by molar-refractivity contribution is 5.83. The monoisotopic (exact) mass is 253 g/mol. The van der Waals surface area contributed by atoms with E-state index >= 15 is 0 Å². The molecule has 2 aromatic rings. The molecular formula is C14H17F2NO. The molecule has 18 heavy (non-hydrogen) atoms. The highest BCUT2D eigenvalue weighted by atomic mass is 19.1. The first-order valence-corrected chi connectivity index (χ1v) is 6.07. The quantitative estimate of drug-likeness (QED) is 0.897. The number of halogens is 2. The molecule has 0 atom stereocenters. The molecule has 0 saturated heterocycles. The predicted molar refractivity (Wildman–Crippen MR) is 67.4 cm³/mol. The Hall–Kier alpha value is -1.42. The van der Waals surface area contributed by atoms with Crippen LogP contribution in [0.1, 0.15) is 25.2 Å². The Kier molecular flexibility index (Phi) is 3.66. The van der Waals surface area contributed by atoms with Crippen LogP contribution in [0.5, 0.6) is 0 Å². The number of nitrogens with one attached hydrogen (secondary N) is 1. The van der Waals surface area contributed by atoms with Crippen molar-refractivity contribution in [2.45, 2.75) is 27.3 Å². The van der Waals surface area contributed by atoms with Crippen LogP contribution in [0, 0.1) is 24.5 Å². The summed E-state index contributed by atoms with van der Waals surface area (Å²) in [5, 5.41) is 3.45. The Morgan fingerprint density at radius 1 is 1.22 bits per heavy atom. The number of benzene rings is 1. The van der Waals surface area contributed by atoms with E-state index in [0.29, 0.717) is 23.8 Å². The van der Waals surface area contributed by atoms with E-state index in [9.17, 15) is 8.78 Å². The van der Waals surface area contributed by atoms with Crippen LogP contribution < -0.4 is 5.32 Å². The van der Waals surface area contributed by atoms with Crippen molar-refractivity contribution in [1.82, 2.24) is 5.32 Å². The lowest BCUT2D eigenvalue weighted by Crippen LogP contribution is -2.18. The maximum Gasteiger partial charge on any atom is 0.173 e. The third-order valence-electron chi connectivity index (χ3n) is 2.92. The van der Waals surface area contributed by atoms with Crippen molar-refractivity contribution >= 4 is 11.0 Å². The Labute approximate surface area is 105 Å². The standard InChI is InChI=1S/C14H17F2NO/c1-8(2)6-17-7-12-9(3)13-10(15)4-5-11(16)14(13)18-12/h4-5,8,17H,6-7H2,1-3H3. The van der Waals surface area contributed by atoms with E-state index in [-0.39, 0.29) is 11.0 Å². The molecule has 0 unspecified atom stereocenters. The van der Waals surface area contributed by atoms with Crippen LogP contribution in [-0.4, -0.2) is 6.54 Å². The zero-order valence-electron chi connectivity index (χ0n) is 10.8. The fourth-order valence-electron chi connectivity index (χ4n) is 1.96. The third kappa shape index (κ3) is 2.38. The molecule has 1 aromatic carbocycles. The van der Waals surface area contributed by atoms with Gasteiger partial charge in [0.2, 0.25) is 0 Å².